The maximum Gasteiger partial charge on any atom is 0.165 e. The number of nitrogens with one attached hydrogen (secondary N) is 1. The molecule has 3 aromatic rings. The molecule has 0 radical (unpaired) electrons. The Morgan fingerprint density at radius 3 is 2.03 bits per heavy atom. The number of Topliss-reactive ketones (excluding diaryl/α,β-unsaturated/α-hetero) is 1. The largest absolute Gasteiger partial charge is 0.378 e. The van der Waals surface area contributed by atoms with Gasteiger partial charge >= 0.3 is 0 Å². The molecule has 30 heavy (non-hydrogen) atoms. The van der Waals surface area contributed by atoms with E-state index in [0.29, 0.717) is 12.0 Å². The van der Waals surface area contributed by atoms with E-state index in [2.05, 4.69) is 57.3 Å². The van der Waals surface area contributed by atoms with Gasteiger partial charge in [-0.05, 0) is 52.8 Å². The van der Waals surface area contributed by atoms with E-state index in [-0.39, 0.29) is 23.1 Å². The molecule has 0 spiro atoms. The molecule has 3 rings (SSSR count). The van der Waals surface area contributed by atoms with Crippen molar-refractivity contribution in [1.29, 1.82) is 0 Å². The van der Waals surface area contributed by atoms with Gasteiger partial charge in [-0.15, -0.1) is 0 Å². The van der Waals surface area contributed by atoms with Crippen LogP contribution < -0.4 is 5.32 Å². The molecule has 0 saturated heterocycles. The zero-order valence-corrected chi connectivity index (χ0v) is 18.2. The van der Waals surface area contributed by atoms with Gasteiger partial charge in [-0.2, -0.15) is 0 Å². The molecule has 0 heterocycles. The average Bonchev–Trinajstić information content (AvgIpc) is 2.74. The molecule has 0 aliphatic heterocycles. The molecule has 156 valence electrons. The summed E-state index contributed by atoms with van der Waals surface area (Å²) in [6.07, 6.45) is 1.28. The predicted octanol–water partition coefficient (Wildman–Crippen LogP) is 7.11. The molecule has 1 unspecified atom stereocenters. The third-order valence-electron chi connectivity index (χ3n) is 5.44. The van der Waals surface area contributed by atoms with E-state index in [1.54, 1.807) is 12.1 Å². The Balaban J connectivity index is 1.83. The maximum atomic E-state index is 13.3. The fraction of sp³-hybridized carbons (Fsp3) is 0.296. The average molecular weight is 404 g/mol. The van der Waals surface area contributed by atoms with Crippen LogP contribution in [0.4, 0.5) is 10.1 Å². The first kappa shape index (κ1) is 21.8. The summed E-state index contributed by atoms with van der Waals surface area (Å²) in [4.78, 5) is 13.1. The summed E-state index contributed by atoms with van der Waals surface area (Å²) in [5.41, 5.74) is 5.04. The van der Waals surface area contributed by atoms with Gasteiger partial charge in [0.25, 0.3) is 0 Å². The van der Waals surface area contributed by atoms with Crippen LogP contribution in [0, 0.1) is 5.82 Å². The van der Waals surface area contributed by atoms with Crippen molar-refractivity contribution in [2.75, 3.05) is 5.32 Å². The summed E-state index contributed by atoms with van der Waals surface area (Å²) >= 11 is 0. The number of aryl methyl sites for hydroxylation is 1. The van der Waals surface area contributed by atoms with Crippen LogP contribution in [0.15, 0.2) is 72.8 Å². The monoisotopic (exact) mass is 403 g/mol. The van der Waals surface area contributed by atoms with Gasteiger partial charge in [-0.25, -0.2) is 4.39 Å². The van der Waals surface area contributed by atoms with E-state index in [9.17, 15) is 9.18 Å². The Labute approximate surface area is 179 Å². The fourth-order valence-electron chi connectivity index (χ4n) is 3.44. The number of hydrogen-bond acceptors (Lipinski definition) is 2. The zero-order chi connectivity index (χ0) is 21.7. The fourth-order valence-corrected chi connectivity index (χ4v) is 3.44. The molecule has 1 N–H and O–H groups in total. The van der Waals surface area contributed by atoms with Crippen molar-refractivity contribution < 1.29 is 9.18 Å². The first-order chi connectivity index (χ1) is 14.3. The molecule has 0 fully saturated rings. The molecule has 1 atom stereocenters. The Kier molecular flexibility index (Phi) is 6.71. The molecular formula is C27H30FNO. The van der Waals surface area contributed by atoms with E-state index in [0.717, 1.165) is 17.7 Å². The summed E-state index contributed by atoms with van der Waals surface area (Å²) in [7, 11) is 0. The van der Waals surface area contributed by atoms with E-state index >= 15 is 0 Å². The molecule has 0 amide bonds. The molecule has 2 nitrogen and oxygen atoms in total. The number of anilines is 1. The Hall–Kier alpha value is -2.94. The van der Waals surface area contributed by atoms with Crippen LogP contribution in [-0.4, -0.2) is 5.78 Å². The predicted molar refractivity (Wildman–Crippen MR) is 123 cm³/mol. The second-order valence-corrected chi connectivity index (χ2v) is 8.75. The molecular weight excluding hydrogens is 373 g/mol. The van der Waals surface area contributed by atoms with Gasteiger partial charge in [0.1, 0.15) is 5.82 Å². The molecule has 3 heteroatoms. The summed E-state index contributed by atoms with van der Waals surface area (Å²) in [6, 6.07) is 22.3. The zero-order valence-electron chi connectivity index (χ0n) is 18.2. The molecule has 0 aromatic heterocycles. The third-order valence-corrected chi connectivity index (χ3v) is 5.44. The highest BCUT2D eigenvalue weighted by atomic mass is 19.1. The van der Waals surface area contributed by atoms with Crippen molar-refractivity contribution in [3.63, 3.8) is 0 Å². The lowest BCUT2D eigenvalue weighted by molar-refractivity contribution is 0.0976. The van der Waals surface area contributed by atoms with Crippen LogP contribution in [0.1, 0.15) is 67.2 Å². The van der Waals surface area contributed by atoms with Crippen molar-refractivity contribution in [3.8, 4) is 0 Å². The first-order valence-electron chi connectivity index (χ1n) is 10.5. The van der Waals surface area contributed by atoms with Gasteiger partial charge < -0.3 is 5.32 Å². The van der Waals surface area contributed by atoms with Crippen LogP contribution in [0.2, 0.25) is 0 Å². The summed E-state index contributed by atoms with van der Waals surface area (Å²) in [5.74, 6) is -0.200. The van der Waals surface area contributed by atoms with Crippen molar-refractivity contribution in [1.82, 2.24) is 0 Å². The molecule has 0 aliphatic rings. The maximum absolute atomic E-state index is 13.3. The number of halogens is 1. The van der Waals surface area contributed by atoms with Crippen LogP contribution in [0.25, 0.3) is 0 Å². The van der Waals surface area contributed by atoms with Crippen molar-refractivity contribution >= 4 is 11.5 Å². The van der Waals surface area contributed by atoms with Gasteiger partial charge in [0.2, 0.25) is 0 Å². The van der Waals surface area contributed by atoms with Crippen molar-refractivity contribution in [3.05, 3.63) is 101 Å². The molecule has 3 aromatic carbocycles. The normalized spacial score (nSPS) is 12.4. The highest BCUT2D eigenvalue weighted by molar-refractivity contribution is 5.96. The SMILES string of the molecule is CCc1ccc(C(CC(=O)c2ccc(C(C)(C)C)cc2)Nc2ccc(F)cc2)cc1. The smallest absolute Gasteiger partial charge is 0.165 e. The molecule has 0 bridgehead atoms. The van der Waals surface area contributed by atoms with E-state index in [1.165, 1.54) is 23.3 Å². The van der Waals surface area contributed by atoms with Crippen molar-refractivity contribution in [2.45, 2.75) is 52.0 Å². The van der Waals surface area contributed by atoms with E-state index < -0.39 is 0 Å². The van der Waals surface area contributed by atoms with Gasteiger partial charge in [-0.1, -0.05) is 76.2 Å². The van der Waals surface area contributed by atoms with Crippen LogP contribution >= 0.6 is 0 Å². The summed E-state index contributed by atoms with van der Waals surface area (Å²) in [5, 5.41) is 3.41. The number of ketones is 1. The molecule has 0 aliphatic carbocycles. The highest BCUT2D eigenvalue weighted by Crippen LogP contribution is 2.27. The first-order valence-corrected chi connectivity index (χ1v) is 10.5. The minimum Gasteiger partial charge on any atom is -0.378 e. The summed E-state index contributed by atoms with van der Waals surface area (Å²) < 4.78 is 13.3. The number of carbonyl (C=O) groups excluding carboxylic acids is 1. The number of benzene rings is 3. The minimum absolute atomic E-state index is 0.0509. The van der Waals surface area contributed by atoms with Crippen LogP contribution in [-0.2, 0) is 11.8 Å². The topological polar surface area (TPSA) is 29.1 Å². The molecule has 0 saturated carbocycles. The quantitative estimate of drug-likeness (QED) is 0.426. The van der Waals surface area contributed by atoms with Gasteiger partial charge in [0.15, 0.2) is 5.78 Å². The van der Waals surface area contributed by atoms with Gasteiger partial charge in [-0.3, -0.25) is 4.79 Å². The van der Waals surface area contributed by atoms with E-state index in [4.69, 9.17) is 0 Å². The number of hydrogen-bond donors (Lipinski definition) is 1. The minimum atomic E-state index is -0.278. The van der Waals surface area contributed by atoms with E-state index in [1.807, 2.05) is 24.3 Å². The van der Waals surface area contributed by atoms with Crippen molar-refractivity contribution in [2.24, 2.45) is 0 Å². The second kappa shape index (κ2) is 9.25. The number of carbonyl (C=O) groups is 1. The number of rotatable bonds is 7. The van der Waals surface area contributed by atoms with Crippen LogP contribution in [0.3, 0.4) is 0 Å². The Morgan fingerprint density at radius 2 is 1.50 bits per heavy atom. The van der Waals surface area contributed by atoms with Gasteiger partial charge in [0.05, 0.1) is 6.04 Å². The second-order valence-electron chi connectivity index (χ2n) is 8.75. The standard InChI is InChI=1S/C27H30FNO/c1-5-19-6-8-20(9-7-19)25(29-24-16-14-23(28)15-17-24)18-26(30)21-10-12-22(13-11-21)27(2,3)4/h6-17,25,29H,5,18H2,1-4H3. The summed E-state index contributed by atoms with van der Waals surface area (Å²) in [6.45, 7) is 8.60. The lowest BCUT2D eigenvalue weighted by Gasteiger charge is -2.21. The van der Waals surface area contributed by atoms with Crippen LogP contribution in [0.5, 0.6) is 0 Å². The Morgan fingerprint density at radius 1 is 0.900 bits per heavy atom. The highest BCUT2D eigenvalue weighted by Gasteiger charge is 2.19. The lowest BCUT2D eigenvalue weighted by atomic mass is 9.86. The third kappa shape index (κ3) is 5.56. The lowest BCUT2D eigenvalue weighted by Crippen LogP contribution is -2.16. The van der Waals surface area contributed by atoms with Gasteiger partial charge in [0, 0.05) is 17.7 Å². The Bertz CT molecular complexity index is 967.